The van der Waals surface area contributed by atoms with E-state index in [9.17, 15) is 0 Å². The SMILES string of the molecule is Cc1c(N)noc1-c1ccoc1Cl. The first-order valence-electron chi connectivity index (χ1n) is 3.65. The zero-order valence-corrected chi connectivity index (χ0v) is 7.63. The van der Waals surface area contributed by atoms with E-state index in [0.717, 1.165) is 5.56 Å². The van der Waals surface area contributed by atoms with Gasteiger partial charge in [0.25, 0.3) is 0 Å². The second kappa shape index (κ2) is 2.81. The highest BCUT2D eigenvalue weighted by molar-refractivity contribution is 6.31. The summed E-state index contributed by atoms with van der Waals surface area (Å²) in [6, 6.07) is 1.70. The highest BCUT2D eigenvalue weighted by Gasteiger charge is 2.16. The van der Waals surface area contributed by atoms with Crippen LogP contribution in [0.25, 0.3) is 11.3 Å². The second-order valence-electron chi connectivity index (χ2n) is 2.63. The standard InChI is InChI=1S/C8H7ClN2O2/c1-4-6(13-11-8(4)10)5-2-3-12-7(5)9/h2-3H,1H3,(H2,10,11). The van der Waals surface area contributed by atoms with Gasteiger partial charge in [-0.2, -0.15) is 0 Å². The first kappa shape index (κ1) is 8.19. The number of furan rings is 1. The average molecular weight is 199 g/mol. The van der Waals surface area contributed by atoms with E-state index in [0.29, 0.717) is 17.1 Å². The van der Waals surface area contributed by atoms with Crippen molar-refractivity contribution in [2.24, 2.45) is 0 Å². The van der Waals surface area contributed by atoms with Crippen molar-refractivity contribution in [2.75, 3.05) is 5.73 Å². The smallest absolute Gasteiger partial charge is 0.204 e. The predicted octanol–water partition coefficient (Wildman–Crippen LogP) is 2.48. The molecule has 0 fully saturated rings. The molecule has 0 unspecified atom stereocenters. The molecule has 0 spiro atoms. The molecule has 4 nitrogen and oxygen atoms in total. The van der Waals surface area contributed by atoms with Crippen molar-refractivity contribution >= 4 is 17.4 Å². The molecule has 2 aromatic rings. The number of hydrogen-bond donors (Lipinski definition) is 1. The summed E-state index contributed by atoms with van der Waals surface area (Å²) in [4.78, 5) is 0. The van der Waals surface area contributed by atoms with Crippen LogP contribution in [0.3, 0.4) is 0 Å². The van der Waals surface area contributed by atoms with Crippen LogP contribution in [0.2, 0.25) is 5.22 Å². The van der Waals surface area contributed by atoms with Gasteiger partial charge < -0.3 is 14.7 Å². The number of rotatable bonds is 1. The molecule has 13 heavy (non-hydrogen) atoms. The topological polar surface area (TPSA) is 65.2 Å². The van der Waals surface area contributed by atoms with Crippen molar-refractivity contribution < 1.29 is 8.94 Å². The third-order valence-corrected chi connectivity index (χ3v) is 2.12. The summed E-state index contributed by atoms with van der Waals surface area (Å²) in [5.41, 5.74) is 6.95. The number of nitrogen functional groups attached to an aromatic ring is 1. The third-order valence-electron chi connectivity index (χ3n) is 1.82. The van der Waals surface area contributed by atoms with E-state index in [1.54, 1.807) is 6.07 Å². The maximum absolute atomic E-state index is 5.76. The summed E-state index contributed by atoms with van der Waals surface area (Å²) in [7, 11) is 0. The van der Waals surface area contributed by atoms with E-state index in [1.807, 2.05) is 6.92 Å². The van der Waals surface area contributed by atoms with Crippen molar-refractivity contribution in [3.63, 3.8) is 0 Å². The van der Waals surface area contributed by atoms with Gasteiger partial charge in [-0.15, -0.1) is 0 Å². The van der Waals surface area contributed by atoms with E-state index in [-0.39, 0.29) is 5.22 Å². The maximum Gasteiger partial charge on any atom is 0.204 e. The Balaban J connectivity index is 2.59. The Kier molecular flexibility index (Phi) is 1.77. The minimum atomic E-state index is 0.277. The Morgan fingerprint density at radius 2 is 2.31 bits per heavy atom. The largest absolute Gasteiger partial charge is 0.452 e. The summed E-state index contributed by atoms with van der Waals surface area (Å²) in [6.07, 6.45) is 1.48. The molecular weight excluding hydrogens is 192 g/mol. The van der Waals surface area contributed by atoms with E-state index < -0.39 is 0 Å². The Morgan fingerprint density at radius 1 is 1.54 bits per heavy atom. The van der Waals surface area contributed by atoms with Crippen molar-refractivity contribution in [3.05, 3.63) is 23.1 Å². The van der Waals surface area contributed by atoms with Crippen LogP contribution in [0.4, 0.5) is 5.82 Å². The molecule has 2 aromatic heterocycles. The molecule has 0 aliphatic carbocycles. The molecule has 0 aromatic carbocycles. The van der Waals surface area contributed by atoms with Crippen molar-refractivity contribution in [2.45, 2.75) is 6.92 Å². The van der Waals surface area contributed by atoms with Crippen LogP contribution in [0.1, 0.15) is 5.56 Å². The van der Waals surface area contributed by atoms with Gasteiger partial charge in [-0.3, -0.25) is 0 Å². The molecule has 5 heteroatoms. The van der Waals surface area contributed by atoms with Gasteiger partial charge in [-0.1, -0.05) is 5.16 Å². The molecular formula is C8H7ClN2O2. The van der Waals surface area contributed by atoms with Gasteiger partial charge in [0.2, 0.25) is 5.22 Å². The lowest BCUT2D eigenvalue weighted by molar-refractivity contribution is 0.434. The van der Waals surface area contributed by atoms with E-state index >= 15 is 0 Å². The number of anilines is 1. The van der Waals surface area contributed by atoms with E-state index in [1.165, 1.54) is 6.26 Å². The fourth-order valence-corrected chi connectivity index (χ4v) is 1.26. The molecule has 2 rings (SSSR count). The second-order valence-corrected chi connectivity index (χ2v) is 2.97. The fraction of sp³-hybridized carbons (Fsp3) is 0.125. The third kappa shape index (κ3) is 1.19. The molecule has 2 heterocycles. The highest BCUT2D eigenvalue weighted by atomic mass is 35.5. The van der Waals surface area contributed by atoms with E-state index in [4.69, 9.17) is 26.3 Å². The van der Waals surface area contributed by atoms with Crippen molar-refractivity contribution in [1.29, 1.82) is 0 Å². The highest BCUT2D eigenvalue weighted by Crippen LogP contribution is 2.32. The lowest BCUT2D eigenvalue weighted by atomic mass is 10.2. The quantitative estimate of drug-likeness (QED) is 0.765. The van der Waals surface area contributed by atoms with Crippen LogP contribution in [0.5, 0.6) is 0 Å². The van der Waals surface area contributed by atoms with Gasteiger partial charge in [-0.25, -0.2) is 0 Å². The fourth-order valence-electron chi connectivity index (χ4n) is 1.05. The molecule has 68 valence electrons. The number of halogens is 1. The Hall–Kier alpha value is -1.42. The minimum Gasteiger partial charge on any atom is -0.452 e. The zero-order chi connectivity index (χ0) is 9.42. The normalized spacial score (nSPS) is 10.6. The van der Waals surface area contributed by atoms with Crippen LogP contribution in [-0.4, -0.2) is 5.16 Å². The maximum atomic E-state index is 5.76. The molecule has 0 atom stereocenters. The predicted molar refractivity (Wildman–Crippen MR) is 48.4 cm³/mol. The van der Waals surface area contributed by atoms with Gasteiger partial charge >= 0.3 is 0 Å². The number of nitrogens with zero attached hydrogens (tertiary/aromatic N) is 1. The number of nitrogens with two attached hydrogens (primary N) is 1. The average Bonchev–Trinajstić information content (AvgIpc) is 2.62. The summed E-state index contributed by atoms with van der Waals surface area (Å²) in [6.45, 7) is 1.81. The van der Waals surface area contributed by atoms with Gasteiger partial charge in [-0.05, 0) is 24.6 Å². The molecule has 2 N–H and O–H groups in total. The Labute approximate surface area is 79.3 Å². The Morgan fingerprint density at radius 3 is 2.77 bits per heavy atom. The molecule has 0 amide bonds. The molecule has 0 saturated heterocycles. The first-order chi connectivity index (χ1) is 6.20. The lowest BCUT2D eigenvalue weighted by Crippen LogP contribution is -1.86. The molecule has 0 radical (unpaired) electrons. The monoisotopic (exact) mass is 198 g/mol. The van der Waals surface area contributed by atoms with Gasteiger partial charge in [0.1, 0.15) is 0 Å². The van der Waals surface area contributed by atoms with Crippen LogP contribution in [0.15, 0.2) is 21.3 Å². The molecule has 0 aliphatic heterocycles. The molecule has 0 saturated carbocycles. The molecule has 0 aliphatic rings. The van der Waals surface area contributed by atoms with E-state index in [2.05, 4.69) is 5.16 Å². The van der Waals surface area contributed by atoms with Crippen LogP contribution < -0.4 is 5.73 Å². The number of hydrogen-bond acceptors (Lipinski definition) is 4. The summed E-state index contributed by atoms with van der Waals surface area (Å²) < 4.78 is 9.92. The lowest BCUT2D eigenvalue weighted by Gasteiger charge is -1.91. The van der Waals surface area contributed by atoms with Crippen LogP contribution in [-0.2, 0) is 0 Å². The van der Waals surface area contributed by atoms with Gasteiger partial charge in [0.15, 0.2) is 11.6 Å². The zero-order valence-electron chi connectivity index (χ0n) is 6.87. The summed E-state index contributed by atoms with van der Waals surface area (Å²) in [5.74, 6) is 0.920. The van der Waals surface area contributed by atoms with Crippen LogP contribution in [0, 0.1) is 6.92 Å². The first-order valence-corrected chi connectivity index (χ1v) is 4.03. The van der Waals surface area contributed by atoms with Crippen LogP contribution >= 0.6 is 11.6 Å². The summed E-state index contributed by atoms with van der Waals surface area (Å²) >= 11 is 5.76. The minimum absolute atomic E-state index is 0.277. The van der Waals surface area contributed by atoms with Gasteiger partial charge in [0, 0.05) is 5.56 Å². The van der Waals surface area contributed by atoms with Crippen molar-refractivity contribution in [1.82, 2.24) is 5.16 Å². The van der Waals surface area contributed by atoms with Crippen molar-refractivity contribution in [3.8, 4) is 11.3 Å². The number of aromatic nitrogens is 1. The van der Waals surface area contributed by atoms with Gasteiger partial charge in [0.05, 0.1) is 11.8 Å². The molecule has 0 bridgehead atoms. The summed E-state index contributed by atoms with van der Waals surface area (Å²) in [5, 5.41) is 3.89. The Bertz CT molecular complexity index is 433.